The number of nitrogens with zero attached hydrogens (tertiary/aromatic N) is 2. The number of rotatable bonds is 9. The van der Waals surface area contributed by atoms with E-state index in [4.69, 9.17) is 4.98 Å². The third kappa shape index (κ3) is 5.38. The fourth-order valence-corrected chi connectivity index (χ4v) is 2.73. The molecule has 0 saturated carbocycles. The van der Waals surface area contributed by atoms with Crippen LogP contribution in [0.4, 0.5) is 11.6 Å². The van der Waals surface area contributed by atoms with E-state index in [1.54, 1.807) is 0 Å². The van der Waals surface area contributed by atoms with Gasteiger partial charge in [0.15, 0.2) is 0 Å². The van der Waals surface area contributed by atoms with Crippen LogP contribution in [0, 0.1) is 6.92 Å². The first kappa shape index (κ1) is 18.1. The van der Waals surface area contributed by atoms with Crippen LogP contribution in [0.15, 0.2) is 0 Å². The van der Waals surface area contributed by atoms with Crippen LogP contribution >= 0.6 is 11.8 Å². The summed E-state index contributed by atoms with van der Waals surface area (Å²) in [5.41, 5.74) is 1.12. The zero-order chi connectivity index (χ0) is 15.8. The molecular weight excluding hydrogens is 280 g/mol. The van der Waals surface area contributed by atoms with Crippen molar-refractivity contribution in [1.82, 2.24) is 9.97 Å². The minimum absolute atomic E-state index is 0.328. The molecule has 0 saturated heterocycles. The molecule has 1 aromatic heterocycles. The second kappa shape index (κ2) is 9.13. The van der Waals surface area contributed by atoms with Crippen molar-refractivity contribution in [2.75, 3.05) is 29.2 Å². The molecule has 4 nitrogen and oxygen atoms in total. The van der Waals surface area contributed by atoms with Crippen molar-refractivity contribution in [2.45, 2.75) is 59.4 Å². The summed E-state index contributed by atoms with van der Waals surface area (Å²) in [6, 6.07) is 0.452. The van der Waals surface area contributed by atoms with Crippen LogP contribution in [-0.4, -0.2) is 34.6 Å². The Labute approximate surface area is 133 Å². The predicted octanol–water partition coefficient (Wildman–Crippen LogP) is 4.28. The van der Waals surface area contributed by atoms with E-state index in [-0.39, 0.29) is 0 Å². The molecule has 0 spiro atoms. The van der Waals surface area contributed by atoms with Gasteiger partial charge in [0, 0.05) is 29.8 Å². The Morgan fingerprint density at radius 3 is 2.33 bits per heavy atom. The third-order valence-electron chi connectivity index (χ3n) is 3.42. The van der Waals surface area contributed by atoms with Crippen molar-refractivity contribution in [2.24, 2.45) is 0 Å². The Hall–Kier alpha value is -0.970. The molecule has 0 aliphatic carbocycles. The van der Waals surface area contributed by atoms with Crippen LogP contribution in [0.2, 0.25) is 0 Å². The molecule has 1 heterocycles. The van der Waals surface area contributed by atoms with Crippen molar-refractivity contribution in [1.29, 1.82) is 0 Å². The SMILES string of the molecule is CCCNc1nc(C(C)C)nc(NC(CC)CSC)c1C. The number of aromatic nitrogens is 2. The van der Waals surface area contributed by atoms with E-state index < -0.39 is 0 Å². The van der Waals surface area contributed by atoms with E-state index in [1.807, 2.05) is 11.8 Å². The van der Waals surface area contributed by atoms with Crippen LogP contribution < -0.4 is 10.6 Å². The first-order chi connectivity index (χ1) is 10.0. The Bertz CT molecular complexity index is 435. The molecule has 2 N–H and O–H groups in total. The van der Waals surface area contributed by atoms with Crippen molar-refractivity contribution in [3.8, 4) is 0 Å². The second-order valence-electron chi connectivity index (χ2n) is 5.69. The molecule has 0 aromatic carbocycles. The van der Waals surface area contributed by atoms with E-state index in [9.17, 15) is 0 Å². The van der Waals surface area contributed by atoms with Crippen molar-refractivity contribution in [3.63, 3.8) is 0 Å². The van der Waals surface area contributed by atoms with Gasteiger partial charge < -0.3 is 10.6 Å². The maximum absolute atomic E-state index is 4.74. The topological polar surface area (TPSA) is 49.8 Å². The van der Waals surface area contributed by atoms with Gasteiger partial charge in [-0.25, -0.2) is 9.97 Å². The zero-order valence-electron chi connectivity index (χ0n) is 14.3. The van der Waals surface area contributed by atoms with Gasteiger partial charge in [-0.1, -0.05) is 27.7 Å². The number of hydrogen-bond donors (Lipinski definition) is 2. The smallest absolute Gasteiger partial charge is 0.135 e. The van der Waals surface area contributed by atoms with Gasteiger partial charge in [0.25, 0.3) is 0 Å². The lowest BCUT2D eigenvalue weighted by Crippen LogP contribution is -2.23. The lowest BCUT2D eigenvalue weighted by molar-refractivity contribution is 0.744. The lowest BCUT2D eigenvalue weighted by Gasteiger charge is -2.21. The lowest BCUT2D eigenvalue weighted by atomic mass is 10.2. The normalized spacial score (nSPS) is 12.5. The second-order valence-corrected chi connectivity index (χ2v) is 6.60. The monoisotopic (exact) mass is 310 g/mol. The molecule has 1 rings (SSSR count). The number of thioether (sulfide) groups is 1. The molecule has 1 atom stereocenters. The average molecular weight is 311 g/mol. The highest BCUT2D eigenvalue weighted by Crippen LogP contribution is 2.24. The van der Waals surface area contributed by atoms with Gasteiger partial charge in [-0.05, 0) is 26.0 Å². The van der Waals surface area contributed by atoms with E-state index >= 15 is 0 Å². The zero-order valence-corrected chi connectivity index (χ0v) is 15.1. The van der Waals surface area contributed by atoms with Crippen LogP contribution in [-0.2, 0) is 0 Å². The summed E-state index contributed by atoms with van der Waals surface area (Å²) in [4.78, 5) is 9.42. The molecular formula is C16H30N4S. The first-order valence-corrected chi connectivity index (χ1v) is 9.30. The Kier molecular flexibility index (Phi) is 7.86. The molecule has 21 heavy (non-hydrogen) atoms. The number of hydrogen-bond acceptors (Lipinski definition) is 5. The van der Waals surface area contributed by atoms with Crippen LogP contribution in [0.1, 0.15) is 57.8 Å². The predicted molar refractivity (Wildman–Crippen MR) is 95.7 cm³/mol. The van der Waals surface area contributed by atoms with Gasteiger partial charge in [0.1, 0.15) is 17.5 Å². The van der Waals surface area contributed by atoms with Crippen LogP contribution in [0.3, 0.4) is 0 Å². The fraction of sp³-hybridized carbons (Fsp3) is 0.750. The summed E-state index contributed by atoms with van der Waals surface area (Å²) < 4.78 is 0. The fourth-order valence-electron chi connectivity index (χ4n) is 2.00. The first-order valence-electron chi connectivity index (χ1n) is 7.91. The minimum Gasteiger partial charge on any atom is -0.370 e. The Morgan fingerprint density at radius 1 is 1.14 bits per heavy atom. The molecule has 0 bridgehead atoms. The highest BCUT2D eigenvalue weighted by atomic mass is 32.2. The van der Waals surface area contributed by atoms with Gasteiger partial charge in [0.2, 0.25) is 0 Å². The van der Waals surface area contributed by atoms with Crippen LogP contribution in [0.5, 0.6) is 0 Å². The van der Waals surface area contributed by atoms with Gasteiger partial charge in [-0.15, -0.1) is 0 Å². The molecule has 0 aliphatic heterocycles. The number of anilines is 2. The summed E-state index contributed by atoms with van der Waals surface area (Å²) in [6.07, 6.45) is 4.33. The largest absolute Gasteiger partial charge is 0.370 e. The van der Waals surface area contributed by atoms with Crippen LogP contribution in [0.25, 0.3) is 0 Å². The summed E-state index contributed by atoms with van der Waals surface area (Å²) >= 11 is 1.87. The summed E-state index contributed by atoms with van der Waals surface area (Å²) in [5, 5.41) is 7.02. The molecule has 1 aromatic rings. The van der Waals surface area contributed by atoms with E-state index in [2.05, 4.69) is 56.5 Å². The minimum atomic E-state index is 0.328. The molecule has 0 radical (unpaired) electrons. The van der Waals surface area contributed by atoms with Crippen molar-refractivity contribution < 1.29 is 0 Å². The third-order valence-corrected chi connectivity index (χ3v) is 4.16. The summed E-state index contributed by atoms with van der Waals surface area (Å²) in [7, 11) is 0. The summed E-state index contributed by atoms with van der Waals surface area (Å²) in [5.74, 6) is 4.27. The Morgan fingerprint density at radius 2 is 1.81 bits per heavy atom. The molecule has 0 aliphatic rings. The molecule has 120 valence electrons. The van der Waals surface area contributed by atoms with Gasteiger partial charge in [-0.3, -0.25) is 0 Å². The van der Waals surface area contributed by atoms with E-state index in [1.165, 1.54) is 0 Å². The van der Waals surface area contributed by atoms with Crippen molar-refractivity contribution in [3.05, 3.63) is 11.4 Å². The van der Waals surface area contributed by atoms with E-state index in [0.29, 0.717) is 12.0 Å². The number of nitrogens with one attached hydrogen (secondary N) is 2. The molecule has 0 amide bonds. The highest BCUT2D eigenvalue weighted by Gasteiger charge is 2.15. The molecule has 1 unspecified atom stereocenters. The van der Waals surface area contributed by atoms with Gasteiger partial charge >= 0.3 is 0 Å². The van der Waals surface area contributed by atoms with E-state index in [0.717, 1.165) is 48.2 Å². The molecule has 0 fully saturated rings. The maximum atomic E-state index is 4.74. The Balaban J connectivity index is 3.07. The maximum Gasteiger partial charge on any atom is 0.135 e. The van der Waals surface area contributed by atoms with Crippen molar-refractivity contribution >= 4 is 23.4 Å². The summed E-state index contributed by atoms with van der Waals surface area (Å²) in [6.45, 7) is 11.7. The molecule has 5 heteroatoms. The average Bonchev–Trinajstić information content (AvgIpc) is 2.47. The van der Waals surface area contributed by atoms with Gasteiger partial charge in [0.05, 0.1) is 0 Å². The standard InChI is InChI=1S/C16H30N4S/c1-7-9-17-15-12(5)16(18-13(8-2)10-21-6)20-14(19-15)11(3)4/h11,13H,7-10H2,1-6H3,(H2,17,18,19,20). The van der Waals surface area contributed by atoms with Gasteiger partial charge in [-0.2, -0.15) is 11.8 Å². The quantitative estimate of drug-likeness (QED) is 0.713. The highest BCUT2D eigenvalue weighted by molar-refractivity contribution is 7.98.